The molecule has 1 aliphatic rings. The minimum Gasteiger partial charge on any atom is -0.499 e. The molecule has 1 fully saturated rings. The monoisotopic (exact) mass is 228 g/mol. The van der Waals surface area contributed by atoms with E-state index >= 15 is 0 Å². The van der Waals surface area contributed by atoms with Crippen LogP contribution in [-0.4, -0.2) is 19.5 Å². The molecule has 1 aliphatic carbocycles. The molecule has 0 aliphatic heterocycles. The summed E-state index contributed by atoms with van der Waals surface area (Å²) in [7, 11) is 1.58. The van der Waals surface area contributed by atoms with Crippen LogP contribution in [0.15, 0.2) is 25.7 Å². The van der Waals surface area contributed by atoms with Crippen LogP contribution in [0.5, 0.6) is 0 Å². The molecule has 1 unspecified atom stereocenters. The van der Waals surface area contributed by atoms with E-state index in [2.05, 4.69) is 13.2 Å². The predicted molar refractivity (Wildman–Crippen MR) is 65.9 cm³/mol. The topological polar surface area (TPSA) is 27.7 Å². The van der Waals surface area contributed by atoms with Gasteiger partial charge >= 0.3 is 0 Å². The second-order valence-corrected chi connectivity index (χ2v) is 3.67. The zero-order chi connectivity index (χ0) is 12.2. The Bertz CT molecular complexity index is 174. The van der Waals surface area contributed by atoms with Crippen molar-refractivity contribution >= 4 is 0 Å². The zero-order valence-electron chi connectivity index (χ0n) is 10.5. The second kappa shape index (κ2) is 10.6. The highest BCUT2D eigenvalue weighted by Crippen LogP contribution is 2.19. The number of hydrogen-bond donors (Lipinski definition) is 0. The molecule has 3 heteroatoms. The van der Waals surface area contributed by atoms with Crippen LogP contribution in [0.3, 0.4) is 0 Å². The predicted octanol–water partition coefficient (Wildman–Crippen LogP) is 3.62. The molecule has 0 heterocycles. The standard InChI is InChI=1S/C8H14O.C5H10O2/c1-2-9-8-6-4-3-5-7-8;1-4-7-5(2)6-3/h2,8H,1,3-7H2;4-5H,1H2,2-3H3. The second-order valence-electron chi connectivity index (χ2n) is 3.67. The lowest BCUT2D eigenvalue weighted by Gasteiger charge is -2.20. The van der Waals surface area contributed by atoms with Gasteiger partial charge in [-0.05, 0) is 32.6 Å². The molecule has 0 saturated heterocycles. The molecule has 0 spiro atoms. The first-order valence-corrected chi connectivity index (χ1v) is 5.80. The first-order valence-electron chi connectivity index (χ1n) is 5.80. The van der Waals surface area contributed by atoms with Gasteiger partial charge < -0.3 is 14.2 Å². The largest absolute Gasteiger partial charge is 0.499 e. The SMILES string of the molecule is C=COC(C)OC.C=COC1CCCCC1. The number of ether oxygens (including phenoxy) is 3. The average molecular weight is 228 g/mol. The maximum atomic E-state index is 5.25. The van der Waals surface area contributed by atoms with E-state index in [0.717, 1.165) is 0 Å². The molecule has 94 valence electrons. The van der Waals surface area contributed by atoms with Gasteiger partial charge in [-0.25, -0.2) is 0 Å². The van der Waals surface area contributed by atoms with Crippen molar-refractivity contribution in [1.29, 1.82) is 0 Å². The first-order chi connectivity index (χ1) is 7.74. The fourth-order valence-electron chi connectivity index (χ4n) is 1.53. The van der Waals surface area contributed by atoms with Crippen molar-refractivity contribution in [1.82, 2.24) is 0 Å². The molecular formula is C13H24O3. The van der Waals surface area contributed by atoms with E-state index in [9.17, 15) is 0 Å². The molecule has 0 bridgehead atoms. The zero-order valence-corrected chi connectivity index (χ0v) is 10.5. The normalized spacial score (nSPS) is 17.6. The van der Waals surface area contributed by atoms with Crippen LogP contribution in [-0.2, 0) is 14.2 Å². The van der Waals surface area contributed by atoms with E-state index in [-0.39, 0.29) is 6.29 Å². The lowest BCUT2D eigenvalue weighted by molar-refractivity contribution is -0.0674. The highest BCUT2D eigenvalue weighted by Gasteiger charge is 2.11. The molecule has 16 heavy (non-hydrogen) atoms. The Morgan fingerprint density at radius 1 is 1.12 bits per heavy atom. The lowest BCUT2D eigenvalue weighted by atomic mass is 9.98. The highest BCUT2D eigenvalue weighted by molar-refractivity contribution is 4.67. The van der Waals surface area contributed by atoms with Crippen LogP contribution in [0.25, 0.3) is 0 Å². The quantitative estimate of drug-likeness (QED) is 0.531. The van der Waals surface area contributed by atoms with Gasteiger partial charge in [0.15, 0.2) is 6.29 Å². The molecule has 0 N–H and O–H groups in total. The number of hydrogen-bond acceptors (Lipinski definition) is 3. The van der Waals surface area contributed by atoms with Gasteiger partial charge in [0.1, 0.15) is 0 Å². The van der Waals surface area contributed by atoms with Crippen LogP contribution in [0.2, 0.25) is 0 Å². The molecule has 1 atom stereocenters. The number of methoxy groups -OCH3 is 1. The molecule has 1 rings (SSSR count). The summed E-state index contributed by atoms with van der Waals surface area (Å²) in [6, 6.07) is 0. The first kappa shape index (κ1) is 15.0. The van der Waals surface area contributed by atoms with Crippen LogP contribution in [0.1, 0.15) is 39.0 Å². The summed E-state index contributed by atoms with van der Waals surface area (Å²) in [4.78, 5) is 0. The Kier molecular flexibility index (Phi) is 9.92. The van der Waals surface area contributed by atoms with Crippen molar-refractivity contribution < 1.29 is 14.2 Å². The van der Waals surface area contributed by atoms with Crippen LogP contribution in [0, 0.1) is 0 Å². The summed E-state index contributed by atoms with van der Waals surface area (Å²) in [6.07, 6.45) is 9.74. The van der Waals surface area contributed by atoms with Crippen LogP contribution >= 0.6 is 0 Å². The van der Waals surface area contributed by atoms with Gasteiger partial charge in [-0.3, -0.25) is 0 Å². The third kappa shape index (κ3) is 8.36. The lowest BCUT2D eigenvalue weighted by Crippen LogP contribution is -2.13. The van der Waals surface area contributed by atoms with E-state index in [1.165, 1.54) is 38.4 Å². The third-order valence-corrected chi connectivity index (χ3v) is 2.46. The maximum Gasteiger partial charge on any atom is 0.195 e. The van der Waals surface area contributed by atoms with Crippen molar-refractivity contribution in [2.24, 2.45) is 0 Å². The van der Waals surface area contributed by atoms with Gasteiger partial charge in [0.05, 0.1) is 18.6 Å². The number of rotatable bonds is 5. The minimum atomic E-state index is -0.169. The maximum absolute atomic E-state index is 5.25. The van der Waals surface area contributed by atoms with Gasteiger partial charge in [0.2, 0.25) is 0 Å². The Balaban J connectivity index is 0.000000293. The Labute approximate surface area is 99.1 Å². The van der Waals surface area contributed by atoms with E-state index in [0.29, 0.717) is 6.10 Å². The minimum absolute atomic E-state index is 0.169. The van der Waals surface area contributed by atoms with Crippen LogP contribution < -0.4 is 0 Å². The summed E-state index contributed by atoms with van der Waals surface area (Å²) < 4.78 is 14.7. The van der Waals surface area contributed by atoms with E-state index in [1.54, 1.807) is 20.3 Å². The van der Waals surface area contributed by atoms with Gasteiger partial charge in [-0.2, -0.15) is 0 Å². The molecule has 0 amide bonds. The summed E-state index contributed by atoms with van der Waals surface area (Å²) in [6.45, 7) is 8.67. The van der Waals surface area contributed by atoms with Gasteiger partial charge in [0, 0.05) is 7.11 Å². The summed E-state index contributed by atoms with van der Waals surface area (Å²) in [5, 5.41) is 0. The van der Waals surface area contributed by atoms with Crippen molar-refractivity contribution in [3.05, 3.63) is 25.7 Å². The fourth-order valence-corrected chi connectivity index (χ4v) is 1.53. The fraction of sp³-hybridized carbons (Fsp3) is 0.692. The van der Waals surface area contributed by atoms with Crippen molar-refractivity contribution in [2.75, 3.05) is 7.11 Å². The Hall–Kier alpha value is -0.960. The van der Waals surface area contributed by atoms with Gasteiger partial charge in [0.25, 0.3) is 0 Å². The summed E-state index contributed by atoms with van der Waals surface area (Å²) in [5.41, 5.74) is 0. The summed E-state index contributed by atoms with van der Waals surface area (Å²) in [5.74, 6) is 0. The molecule has 0 aromatic carbocycles. The average Bonchev–Trinajstić information content (AvgIpc) is 2.32. The molecule has 0 aromatic heterocycles. The van der Waals surface area contributed by atoms with Gasteiger partial charge in [-0.1, -0.05) is 19.6 Å². The summed E-state index contributed by atoms with van der Waals surface area (Å²) >= 11 is 0. The highest BCUT2D eigenvalue weighted by atomic mass is 16.7. The Morgan fingerprint density at radius 2 is 1.75 bits per heavy atom. The van der Waals surface area contributed by atoms with Crippen molar-refractivity contribution in [3.63, 3.8) is 0 Å². The van der Waals surface area contributed by atoms with E-state index in [4.69, 9.17) is 14.2 Å². The van der Waals surface area contributed by atoms with E-state index < -0.39 is 0 Å². The van der Waals surface area contributed by atoms with Gasteiger partial charge in [-0.15, -0.1) is 0 Å². The smallest absolute Gasteiger partial charge is 0.195 e. The molecular weight excluding hydrogens is 204 g/mol. The Morgan fingerprint density at radius 3 is 2.12 bits per heavy atom. The van der Waals surface area contributed by atoms with Crippen LogP contribution in [0.4, 0.5) is 0 Å². The van der Waals surface area contributed by atoms with E-state index in [1.807, 2.05) is 0 Å². The molecule has 0 aromatic rings. The molecule has 0 radical (unpaired) electrons. The molecule has 3 nitrogen and oxygen atoms in total. The molecule has 1 saturated carbocycles. The van der Waals surface area contributed by atoms with Crippen molar-refractivity contribution in [3.8, 4) is 0 Å². The van der Waals surface area contributed by atoms with Crippen molar-refractivity contribution in [2.45, 2.75) is 51.4 Å². The third-order valence-electron chi connectivity index (χ3n) is 2.46.